The number of benzene rings is 3. The van der Waals surface area contributed by atoms with Crippen LogP contribution in [-0.4, -0.2) is 24.2 Å². The SMILES string of the molecule is O=C(NCC=Cc1ccc2[nH]c(=O)oc2c1)OCC1c2ccccc2-c2ccccc21. The molecule has 0 saturated carbocycles. The van der Waals surface area contributed by atoms with Crippen LogP contribution >= 0.6 is 0 Å². The molecule has 1 heterocycles. The second-order valence-corrected chi connectivity index (χ2v) is 7.38. The highest BCUT2D eigenvalue weighted by atomic mass is 16.5. The van der Waals surface area contributed by atoms with E-state index >= 15 is 0 Å². The topological polar surface area (TPSA) is 84.3 Å². The molecule has 1 aliphatic rings. The number of rotatable bonds is 5. The van der Waals surface area contributed by atoms with E-state index in [1.807, 2.05) is 42.5 Å². The molecule has 4 aromatic rings. The predicted octanol–water partition coefficient (Wildman–Crippen LogP) is 4.67. The van der Waals surface area contributed by atoms with Crippen molar-refractivity contribution in [2.75, 3.05) is 13.2 Å². The first kappa shape index (κ1) is 18.9. The molecule has 0 fully saturated rings. The number of hydrogen-bond donors (Lipinski definition) is 2. The van der Waals surface area contributed by atoms with Gasteiger partial charge in [0.2, 0.25) is 0 Å². The number of ether oxygens (including phenoxy) is 1. The number of hydrogen-bond acceptors (Lipinski definition) is 4. The van der Waals surface area contributed by atoms with E-state index in [9.17, 15) is 9.59 Å². The first-order valence-corrected chi connectivity index (χ1v) is 10.1. The van der Waals surface area contributed by atoms with Crippen molar-refractivity contribution in [3.05, 3.63) is 100 Å². The molecule has 0 saturated heterocycles. The Morgan fingerprint density at radius 2 is 1.74 bits per heavy atom. The van der Waals surface area contributed by atoms with Crippen LogP contribution < -0.4 is 11.1 Å². The van der Waals surface area contributed by atoms with Crippen molar-refractivity contribution in [3.8, 4) is 11.1 Å². The van der Waals surface area contributed by atoms with Gasteiger partial charge >= 0.3 is 11.8 Å². The average Bonchev–Trinajstić information content (AvgIpc) is 3.32. The van der Waals surface area contributed by atoms with Crippen molar-refractivity contribution in [2.45, 2.75) is 5.92 Å². The summed E-state index contributed by atoms with van der Waals surface area (Å²) in [6, 6.07) is 21.9. The van der Waals surface area contributed by atoms with Gasteiger partial charge in [0.1, 0.15) is 6.61 Å². The summed E-state index contributed by atoms with van der Waals surface area (Å²) in [7, 11) is 0. The molecular weight excluding hydrogens is 392 g/mol. The molecule has 0 atom stereocenters. The molecule has 0 radical (unpaired) electrons. The van der Waals surface area contributed by atoms with Gasteiger partial charge in [-0.2, -0.15) is 0 Å². The lowest BCUT2D eigenvalue weighted by atomic mass is 9.98. The van der Waals surface area contributed by atoms with Gasteiger partial charge in [-0.05, 0) is 39.9 Å². The van der Waals surface area contributed by atoms with E-state index in [0.29, 0.717) is 17.6 Å². The van der Waals surface area contributed by atoms with E-state index in [1.54, 1.807) is 12.1 Å². The van der Waals surface area contributed by atoms with Gasteiger partial charge < -0.3 is 14.5 Å². The number of aromatic amines is 1. The molecule has 31 heavy (non-hydrogen) atoms. The van der Waals surface area contributed by atoms with Gasteiger partial charge in [0.25, 0.3) is 0 Å². The number of carbonyl (C=O) groups is 1. The lowest BCUT2D eigenvalue weighted by Crippen LogP contribution is -2.26. The van der Waals surface area contributed by atoms with E-state index in [4.69, 9.17) is 9.15 Å². The summed E-state index contributed by atoms with van der Waals surface area (Å²) >= 11 is 0. The van der Waals surface area contributed by atoms with Crippen molar-refractivity contribution in [2.24, 2.45) is 0 Å². The molecule has 0 spiro atoms. The number of aromatic nitrogens is 1. The molecular formula is C25H20N2O4. The van der Waals surface area contributed by atoms with Crippen molar-refractivity contribution in [3.63, 3.8) is 0 Å². The van der Waals surface area contributed by atoms with Crippen molar-refractivity contribution in [1.29, 1.82) is 0 Å². The number of carbonyl (C=O) groups excluding carboxylic acids is 1. The molecule has 154 valence electrons. The Hall–Kier alpha value is -4.06. The lowest BCUT2D eigenvalue weighted by molar-refractivity contribution is 0.144. The summed E-state index contributed by atoms with van der Waals surface area (Å²) in [5.41, 5.74) is 6.78. The Kier molecular flexibility index (Phi) is 4.88. The van der Waals surface area contributed by atoms with Crippen LogP contribution in [-0.2, 0) is 4.74 Å². The molecule has 6 heteroatoms. The second-order valence-electron chi connectivity index (χ2n) is 7.38. The van der Waals surface area contributed by atoms with Gasteiger partial charge in [-0.15, -0.1) is 0 Å². The van der Waals surface area contributed by atoms with Gasteiger partial charge in [-0.3, -0.25) is 4.98 Å². The zero-order valence-electron chi connectivity index (χ0n) is 16.6. The molecule has 0 aliphatic heterocycles. The summed E-state index contributed by atoms with van der Waals surface area (Å²) < 4.78 is 10.6. The van der Waals surface area contributed by atoms with Crippen LogP contribution in [0.2, 0.25) is 0 Å². The minimum absolute atomic E-state index is 0.0384. The molecule has 5 rings (SSSR count). The van der Waals surface area contributed by atoms with E-state index in [2.05, 4.69) is 34.6 Å². The van der Waals surface area contributed by atoms with Crippen molar-refractivity contribution < 1.29 is 13.9 Å². The van der Waals surface area contributed by atoms with Crippen LogP contribution in [0.25, 0.3) is 28.3 Å². The van der Waals surface area contributed by atoms with Gasteiger partial charge in [-0.1, -0.05) is 66.7 Å². The highest BCUT2D eigenvalue weighted by molar-refractivity contribution is 5.79. The van der Waals surface area contributed by atoms with E-state index in [1.165, 1.54) is 22.3 Å². The van der Waals surface area contributed by atoms with E-state index in [-0.39, 0.29) is 12.5 Å². The van der Waals surface area contributed by atoms with Gasteiger partial charge in [0.05, 0.1) is 5.52 Å². The fourth-order valence-corrected chi connectivity index (χ4v) is 4.05. The van der Waals surface area contributed by atoms with Crippen LogP contribution in [0, 0.1) is 0 Å². The maximum absolute atomic E-state index is 12.2. The number of amides is 1. The van der Waals surface area contributed by atoms with Crippen LogP contribution in [0.5, 0.6) is 0 Å². The summed E-state index contributed by atoms with van der Waals surface area (Å²) in [6.45, 7) is 0.610. The largest absolute Gasteiger partial charge is 0.449 e. The number of fused-ring (bicyclic) bond motifs is 4. The number of H-pyrrole nitrogens is 1. The van der Waals surface area contributed by atoms with E-state index in [0.717, 1.165) is 5.56 Å². The zero-order chi connectivity index (χ0) is 21.2. The van der Waals surface area contributed by atoms with E-state index < -0.39 is 11.8 Å². The average molecular weight is 412 g/mol. The molecule has 1 aromatic heterocycles. The summed E-state index contributed by atoms with van der Waals surface area (Å²) in [5.74, 6) is -0.440. The summed E-state index contributed by atoms with van der Waals surface area (Å²) in [4.78, 5) is 26.0. The quantitative estimate of drug-likeness (QED) is 0.499. The maximum Gasteiger partial charge on any atom is 0.417 e. The highest BCUT2D eigenvalue weighted by Gasteiger charge is 2.28. The van der Waals surface area contributed by atoms with Crippen LogP contribution in [0.1, 0.15) is 22.6 Å². The van der Waals surface area contributed by atoms with Crippen LogP contribution in [0.15, 0.2) is 82.0 Å². The third-order valence-corrected chi connectivity index (χ3v) is 5.46. The van der Waals surface area contributed by atoms with Crippen molar-refractivity contribution >= 4 is 23.3 Å². The fourth-order valence-electron chi connectivity index (χ4n) is 4.05. The molecule has 0 unspecified atom stereocenters. The first-order valence-electron chi connectivity index (χ1n) is 10.1. The highest BCUT2D eigenvalue weighted by Crippen LogP contribution is 2.44. The molecule has 0 bridgehead atoms. The lowest BCUT2D eigenvalue weighted by Gasteiger charge is -2.14. The summed E-state index contributed by atoms with van der Waals surface area (Å²) in [6.07, 6.45) is 3.20. The third-order valence-electron chi connectivity index (χ3n) is 5.46. The Labute approximate surface area is 178 Å². The molecule has 1 aliphatic carbocycles. The predicted molar refractivity (Wildman–Crippen MR) is 119 cm³/mol. The Balaban J connectivity index is 1.18. The Morgan fingerprint density at radius 1 is 1.03 bits per heavy atom. The van der Waals surface area contributed by atoms with Crippen LogP contribution in [0.4, 0.5) is 4.79 Å². The maximum atomic E-state index is 12.2. The normalized spacial score (nSPS) is 12.8. The number of nitrogens with one attached hydrogen (secondary N) is 2. The second kappa shape index (κ2) is 7.99. The third kappa shape index (κ3) is 3.75. The zero-order valence-corrected chi connectivity index (χ0v) is 16.6. The standard InChI is InChI=1S/C25H20N2O4/c28-24(26-13-5-6-16-11-12-22-23(14-16)31-25(29)27-22)30-15-21-19-9-3-1-7-17(19)18-8-2-4-10-20(18)21/h1-12,14,21H,13,15H2,(H,26,28)(H,27,29). The molecule has 2 N–H and O–H groups in total. The van der Waals surface area contributed by atoms with Gasteiger partial charge in [0.15, 0.2) is 5.58 Å². The Morgan fingerprint density at radius 3 is 2.48 bits per heavy atom. The smallest absolute Gasteiger partial charge is 0.417 e. The number of alkyl carbamates (subject to hydrolysis) is 1. The molecule has 1 amide bonds. The molecule has 6 nitrogen and oxygen atoms in total. The first-order chi connectivity index (χ1) is 15.2. The molecule has 3 aromatic carbocycles. The van der Waals surface area contributed by atoms with Gasteiger partial charge in [-0.25, -0.2) is 9.59 Å². The van der Waals surface area contributed by atoms with Gasteiger partial charge in [0, 0.05) is 12.5 Å². The summed E-state index contributed by atoms with van der Waals surface area (Å²) in [5, 5.41) is 2.74. The fraction of sp³-hybridized carbons (Fsp3) is 0.120. The number of oxazole rings is 1. The van der Waals surface area contributed by atoms with Crippen molar-refractivity contribution in [1.82, 2.24) is 10.3 Å². The minimum Gasteiger partial charge on any atom is -0.449 e. The van der Waals surface area contributed by atoms with Crippen LogP contribution in [0.3, 0.4) is 0 Å². The minimum atomic E-state index is -0.479. The monoisotopic (exact) mass is 412 g/mol. The Bertz CT molecular complexity index is 1300.